The van der Waals surface area contributed by atoms with Gasteiger partial charge in [-0.05, 0) is 37.3 Å². The zero-order valence-corrected chi connectivity index (χ0v) is 17.5. The largest absolute Gasteiger partial charge is 0.397 e. The van der Waals surface area contributed by atoms with Gasteiger partial charge in [0, 0.05) is 23.9 Å². The molecular formula is C23H22N4O2S. The number of ether oxygens (including phenoxy) is 1. The molecule has 0 aliphatic carbocycles. The maximum absolute atomic E-state index is 13.1. The number of anilines is 3. The Balaban J connectivity index is 1.50. The molecule has 1 amide bonds. The van der Waals surface area contributed by atoms with Crippen LogP contribution in [0.15, 0.2) is 48.5 Å². The number of fused-ring (bicyclic) bond motifs is 2. The van der Waals surface area contributed by atoms with Crippen LogP contribution in [-0.2, 0) is 4.74 Å². The minimum atomic E-state index is -0.212. The lowest BCUT2D eigenvalue weighted by Gasteiger charge is -2.30. The van der Waals surface area contributed by atoms with Crippen LogP contribution in [0, 0.1) is 6.92 Å². The predicted molar refractivity (Wildman–Crippen MR) is 124 cm³/mol. The van der Waals surface area contributed by atoms with E-state index in [-0.39, 0.29) is 5.91 Å². The number of aromatic nitrogens is 1. The summed E-state index contributed by atoms with van der Waals surface area (Å²) in [4.78, 5) is 21.3. The van der Waals surface area contributed by atoms with Gasteiger partial charge in [-0.2, -0.15) is 0 Å². The second-order valence-corrected chi connectivity index (χ2v) is 8.45. The van der Waals surface area contributed by atoms with Crippen molar-refractivity contribution in [1.29, 1.82) is 0 Å². The number of para-hydroxylation sites is 2. The zero-order valence-electron chi connectivity index (χ0n) is 16.6. The zero-order chi connectivity index (χ0) is 20.7. The van der Waals surface area contributed by atoms with Gasteiger partial charge in [0.05, 0.1) is 35.8 Å². The normalized spacial score (nSPS) is 14.4. The third-order valence-corrected chi connectivity index (χ3v) is 6.49. The van der Waals surface area contributed by atoms with Crippen LogP contribution in [0.4, 0.5) is 17.1 Å². The molecule has 3 N–H and O–H groups in total. The number of nitrogens with zero attached hydrogens (tertiary/aromatic N) is 2. The van der Waals surface area contributed by atoms with Crippen molar-refractivity contribution in [3.63, 3.8) is 0 Å². The molecule has 152 valence electrons. The Morgan fingerprint density at radius 1 is 1.17 bits per heavy atom. The first-order valence-corrected chi connectivity index (χ1v) is 10.7. The number of nitrogen functional groups attached to an aromatic ring is 1. The van der Waals surface area contributed by atoms with E-state index in [1.807, 2.05) is 49.4 Å². The van der Waals surface area contributed by atoms with Crippen LogP contribution < -0.4 is 16.0 Å². The Kier molecular flexibility index (Phi) is 4.77. The van der Waals surface area contributed by atoms with E-state index in [9.17, 15) is 4.79 Å². The van der Waals surface area contributed by atoms with Crippen LogP contribution in [-0.4, -0.2) is 37.2 Å². The van der Waals surface area contributed by atoms with Crippen LogP contribution in [0.5, 0.6) is 0 Å². The quantitative estimate of drug-likeness (QED) is 0.514. The number of thiophene rings is 1. The topological polar surface area (TPSA) is 80.5 Å². The Labute approximate surface area is 178 Å². The van der Waals surface area contributed by atoms with E-state index in [1.165, 1.54) is 11.3 Å². The van der Waals surface area contributed by atoms with Crippen molar-refractivity contribution in [3.8, 4) is 0 Å². The fourth-order valence-electron chi connectivity index (χ4n) is 3.83. The Hall–Kier alpha value is -3.16. The van der Waals surface area contributed by atoms with Gasteiger partial charge in [0.15, 0.2) is 0 Å². The van der Waals surface area contributed by atoms with E-state index in [0.717, 1.165) is 51.1 Å². The van der Waals surface area contributed by atoms with Crippen LogP contribution in [0.2, 0.25) is 0 Å². The van der Waals surface area contributed by atoms with E-state index in [4.69, 9.17) is 15.5 Å². The molecule has 6 nitrogen and oxygen atoms in total. The van der Waals surface area contributed by atoms with Crippen molar-refractivity contribution in [2.75, 3.05) is 42.3 Å². The third-order valence-electron chi connectivity index (χ3n) is 5.38. The van der Waals surface area contributed by atoms with E-state index in [0.29, 0.717) is 23.8 Å². The maximum atomic E-state index is 13.1. The van der Waals surface area contributed by atoms with Crippen molar-refractivity contribution >= 4 is 55.4 Å². The summed E-state index contributed by atoms with van der Waals surface area (Å²) in [7, 11) is 0. The molecule has 0 atom stereocenters. The van der Waals surface area contributed by atoms with Gasteiger partial charge < -0.3 is 20.7 Å². The Morgan fingerprint density at radius 3 is 2.80 bits per heavy atom. The minimum Gasteiger partial charge on any atom is -0.397 e. The number of amides is 1. The van der Waals surface area contributed by atoms with E-state index >= 15 is 0 Å². The number of carbonyl (C=O) groups excluding carboxylic acids is 1. The molecule has 1 saturated heterocycles. The summed E-state index contributed by atoms with van der Waals surface area (Å²) >= 11 is 1.33. The summed E-state index contributed by atoms with van der Waals surface area (Å²) in [5, 5.41) is 4.91. The highest BCUT2D eigenvalue weighted by atomic mass is 32.1. The maximum Gasteiger partial charge on any atom is 0.268 e. The molecule has 4 aromatic rings. The van der Waals surface area contributed by atoms with Crippen LogP contribution in [0.25, 0.3) is 21.1 Å². The highest BCUT2D eigenvalue weighted by Gasteiger charge is 2.21. The number of morpholine rings is 1. The molecule has 0 radical (unpaired) electrons. The molecule has 7 heteroatoms. The van der Waals surface area contributed by atoms with Gasteiger partial charge in [0.2, 0.25) is 0 Å². The highest BCUT2D eigenvalue weighted by molar-refractivity contribution is 7.21. The number of hydrogen-bond acceptors (Lipinski definition) is 6. The lowest BCUT2D eigenvalue weighted by atomic mass is 10.1. The van der Waals surface area contributed by atoms with Crippen LogP contribution in [0.1, 0.15) is 15.2 Å². The average molecular weight is 419 g/mol. The van der Waals surface area contributed by atoms with E-state index in [1.54, 1.807) is 0 Å². The third kappa shape index (κ3) is 3.36. The molecule has 0 unspecified atom stereocenters. The number of carbonyl (C=O) groups is 1. The Bertz CT molecular complexity index is 1260. The van der Waals surface area contributed by atoms with Crippen molar-refractivity contribution in [3.05, 3.63) is 59.0 Å². The second kappa shape index (κ2) is 7.59. The van der Waals surface area contributed by atoms with Crippen molar-refractivity contribution in [1.82, 2.24) is 4.98 Å². The van der Waals surface area contributed by atoms with Crippen molar-refractivity contribution < 1.29 is 9.53 Å². The molecule has 30 heavy (non-hydrogen) atoms. The van der Waals surface area contributed by atoms with Gasteiger partial charge in [0.1, 0.15) is 9.71 Å². The molecule has 1 fully saturated rings. The summed E-state index contributed by atoms with van der Waals surface area (Å²) in [5.74, 6) is -0.212. The molecule has 3 heterocycles. The molecule has 0 saturated carbocycles. The molecule has 5 rings (SSSR count). The fourth-order valence-corrected chi connectivity index (χ4v) is 4.81. The van der Waals surface area contributed by atoms with Crippen LogP contribution >= 0.6 is 11.3 Å². The van der Waals surface area contributed by atoms with Crippen LogP contribution in [0.3, 0.4) is 0 Å². The summed E-state index contributed by atoms with van der Waals surface area (Å²) in [5.41, 5.74) is 10.7. The van der Waals surface area contributed by atoms with Gasteiger partial charge in [-0.25, -0.2) is 4.98 Å². The number of aryl methyl sites for hydroxylation is 1. The average Bonchev–Trinajstić information content (AvgIpc) is 3.09. The van der Waals surface area contributed by atoms with Crippen molar-refractivity contribution in [2.45, 2.75) is 6.92 Å². The molecule has 2 aromatic carbocycles. The second-order valence-electron chi connectivity index (χ2n) is 7.45. The number of benzene rings is 2. The molecule has 2 aromatic heterocycles. The van der Waals surface area contributed by atoms with Gasteiger partial charge in [-0.1, -0.05) is 23.8 Å². The molecular weight excluding hydrogens is 396 g/mol. The molecule has 0 spiro atoms. The smallest absolute Gasteiger partial charge is 0.268 e. The molecule has 0 bridgehead atoms. The monoisotopic (exact) mass is 418 g/mol. The highest BCUT2D eigenvalue weighted by Crippen LogP contribution is 2.36. The Morgan fingerprint density at radius 2 is 1.97 bits per heavy atom. The lowest BCUT2D eigenvalue weighted by Crippen LogP contribution is -2.36. The number of nitrogens with two attached hydrogens (primary N) is 1. The van der Waals surface area contributed by atoms with Gasteiger partial charge >= 0.3 is 0 Å². The number of nitrogens with one attached hydrogen (secondary N) is 1. The van der Waals surface area contributed by atoms with Crippen molar-refractivity contribution in [2.24, 2.45) is 0 Å². The molecule has 1 aliphatic heterocycles. The first-order valence-electron chi connectivity index (χ1n) is 9.92. The fraction of sp³-hybridized carbons (Fsp3) is 0.217. The molecule has 1 aliphatic rings. The summed E-state index contributed by atoms with van der Waals surface area (Å²) in [6, 6.07) is 16.0. The number of pyridine rings is 1. The lowest BCUT2D eigenvalue weighted by molar-refractivity contribution is 0.103. The van der Waals surface area contributed by atoms with Gasteiger partial charge in [-0.15, -0.1) is 11.3 Å². The minimum absolute atomic E-state index is 0.212. The first-order chi connectivity index (χ1) is 14.6. The number of hydrogen-bond donors (Lipinski definition) is 2. The van der Waals surface area contributed by atoms with E-state index in [2.05, 4.69) is 16.3 Å². The van der Waals surface area contributed by atoms with Gasteiger partial charge in [-0.3, -0.25) is 4.79 Å². The van der Waals surface area contributed by atoms with E-state index < -0.39 is 0 Å². The summed E-state index contributed by atoms with van der Waals surface area (Å²) in [6.07, 6.45) is 0. The predicted octanol–water partition coefficient (Wildman–Crippen LogP) is 4.43. The summed E-state index contributed by atoms with van der Waals surface area (Å²) < 4.78 is 5.45. The SMILES string of the molecule is Cc1ccc2nc3sc(C(=O)Nc4ccccc4N4CCOCC4)c(N)c3cc2c1. The number of rotatable bonds is 3. The summed E-state index contributed by atoms with van der Waals surface area (Å²) in [6.45, 7) is 5.02. The van der Waals surface area contributed by atoms with Gasteiger partial charge in [0.25, 0.3) is 5.91 Å². The standard InChI is InChI=1S/C23H22N4O2S/c1-14-6-7-17-15(12-14)13-16-20(24)21(30-23(16)26-17)22(28)25-18-4-2-3-5-19(18)27-8-10-29-11-9-27/h2-7,12-13H,8-11,24H2,1H3,(H,25,28). The first kappa shape index (κ1) is 18.8.